The van der Waals surface area contributed by atoms with Crippen LogP contribution in [-0.4, -0.2) is 16.7 Å². The van der Waals surface area contributed by atoms with E-state index in [1.807, 2.05) is 18.2 Å². The third-order valence-corrected chi connectivity index (χ3v) is 5.43. The number of ether oxygens (including phenoxy) is 1. The number of carbonyl (C=O) groups excluding carboxylic acids is 1. The zero-order chi connectivity index (χ0) is 16.3. The molecular formula is C20H24O3. The van der Waals surface area contributed by atoms with Crippen molar-refractivity contribution in [2.45, 2.75) is 62.6 Å². The van der Waals surface area contributed by atoms with Crippen molar-refractivity contribution < 1.29 is 14.6 Å². The number of hydrogen-bond acceptors (Lipinski definition) is 3. The number of terminal acetylenes is 1. The molecule has 2 saturated carbocycles. The van der Waals surface area contributed by atoms with Crippen LogP contribution in [0.25, 0.3) is 0 Å². The van der Waals surface area contributed by atoms with Crippen LogP contribution in [0.3, 0.4) is 0 Å². The zero-order valence-corrected chi connectivity index (χ0v) is 13.5. The smallest absolute Gasteiger partial charge is 0.344 e. The highest BCUT2D eigenvalue weighted by atomic mass is 16.6. The molecule has 1 N–H and O–H groups in total. The minimum Gasteiger partial charge on any atom is -0.443 e. The molecule has 0 saturated heterocycles. The molecule has 0 bridgehead atoms. The van der Waals surface area contributed by atoms with E-state index < -0.39 is 17.2 Å². The molecular weight excluding hydrogens is 288 g/mol. The molecule has 23 heavy (non-hydrogen) atoms. The van der Waals surface area contributed by atoms with Crippen molar-refractivity contribution >= 4 is 5.97 Å². The van der Waals surface area contributed by atoms with Crippen molar-refractivity contribution in [3.63, 3.8) is 0 Å². The van der Waals surface area contributed by atoms with E-state index >= 15 is 0 Å². The molecule has 0 aromatic heterocycles. The Morgan fingerprint density at radius 1 is 1.17 bits per heavy atom. The van der Waals surface area contributed by atoms with Gasteiger partial charge in [-0.05, 0) is 44.1 Å². The van der Waals surface area contributed by atoms with E-state index in [9.17, 15) is 9.90 Å². The Bertz CT molecular complexity index is 589. The first-order chi connectivity index (χ1) is 11.1. The lowest BCUT2D eigenvalue weighted by Gasteiger charge is -2.35. The van der Waals surface area contributed by atoms with Gasteiger partial charge in [0.15, 0.2) is 11.2 Å². The SMILES string of the molecule is C#CC1(OC(=O)C(O)(c2ccccc2)C2CCCC2)CCCC1. The van der Waals surface area contributed by atoms with Crippen LogP contribution >= 0.6 is 0 Å². The average Bonchev–Trinajstić information content (AvgIpc) is 3.27. The zero-order valence-electron chi connectivity index (χ0n) is 13.5. The van der Waals surface area contributed by atoms with Crippen molar-refractivity contribution in [3.8, 4) is 12.3 Å². The number of esters is 1. The Hall–Kier alpha value is -1.79. The van der Waals surface area contributed by atoms with Crippen LogP contribution in [0.4, 0.5) is 0 Å². The summed E-state index contributed by atoms with van der Waals surface area (Å²) in [5.74, 6) is 1.99. The van der Waals surface area contributed by atoms with Crippen molar-refractivity contribution in [3.05, 3.63) is 35.9 Å². The molecule has 0 aliphatic heterocycles. The number of carbonyl (C=O) groups is 1. The summed E-state index contributed by atoms with van der Waals surface area (Å²) < 4.78 is 5.76. The minimum atomic E-state index is -1.59. The molecule has 1 unspecified atom stereocenters. The fourth-order valence-electron chi connectivity index (χ4n) is 4.03. The predicted octanol–water partition coefficient (Wildman–Crippen LogP) is 3.55. The first kappa shape index (κ1) is 16.1. The van der Waals surface area contributed by atoms with Crippen LogP contribution in [0, 0.1) is 18.3 Å². The molecule has 0 radical (unpaired) electrons. The van der Waals surface area contributed by atoms with E-state index in [4.69, 9.17) is 11.2 Å². The van der Waals surface area contributed by atoms with Gasteiger partial charge < -0.3 is 9.84 Å². The van der Waals surface area contributed by atoms with Crippen LogP contribution in [0.5, 0.6) is 0 Å². The van der Waals surface area contributed by atoms with Gasteiger partial charge in [0.2, 0.25) is 0 Å². The third-order valence-electron chi connectivity index (χ3n) is 5.43. The van der Waals surface area contributed by atoms with Crippen molar-refractivity contribution in [1.82, 2.24) is 0 Å². The first-order valence-electron chi connectivity index (χ1n) is 8.60. The summed E-state index contributed by atoms with van der Waals surface area (Å²) in [6.45, 7) is 0. The Morgan fingerprint density at radius 2 is 1.78 bits per heavy atom. The Morgan fingerprint density at radius 3 is 2.35 bits per heavy atom. The van der Waals surface area contributed by atoms with Crippen LogP contribution in [-0.2, 0) is 15.1 Å². The number of benzene rings is 1. The fourth-order valence-corrected chi connectivity index (χ4v) is 4.03. The lowest BCUT2D eigenvalue weighted by atomic mass is 9.80. The van der Waals surface area contributed by atoms with Gasteiger partial charge in [0.05, 0.1) is 0 Å². The van der Waals surface area contributed by atoms with Gasteiger partial charge in [-0.25, -0.2) is 4.79 Å². The van der Waals surface area contributed by atoms with Gasteiger partial charge in [-0.3, -0.25) is 0 Å². The summed E-state index contributed by atoms with van der Waals surface area (Å²) in [5.41, 5.74) is -1.81. The third kappa shape index (κ3) is 2.88. The Kier molecular flexibility index (Phi) is 4.46. The largest absolute Gasteiger partial charge is 0.443 e. The van der Waals surface area contributed by atoms with E-state index in [2.05, 4.69) is 5.92 Å². The normalized spacial score (nSPS) is 23.1. The topological polar surface area (TPSA) is 46.5 Å². The summed E-state index contributed by atoms with van der Waals surface area (Å²) in [6.07, 6.45) is 12.7. The van der Waals surface area contributed by atoms with E-state index in [-0.39, 0.29) is 5.92 Å². The highest BCUT2D eigenvalue weighted by molar-refractivity contribution is 5.82. The first-order valence-corrected chi connectivity index (χ1v) is 8.60. The molecule has 1 aromatic rings. The molecule has 1 atom stereocenters. The van der Waals surface area contributed by atoms with Crippen LogP contribution in [0.15, 0.2) is 30.3 Å². The Balaban J connectivity index is 1.92. The van der Waals surface area contributed by atoms with Gasteiger partial charge in [-0.1, -0.05) is 49.1 Å². The van der Waals surface area contributed by atoms with Crippen molar-refractivity contribution in [2.24, 2.45) is 5.92 Å². The lowest BCUT2D eigenvalue weighted by molar-refractivity contribution is -0.184. The number of rotatable bonds is 4. The molecule has 2 aliphatic carbocycles. The molecule has 0 heterocycles. The fraction of sp³-hybridized carbons (Fsp3) is 0.550. The molecule has 3 heteroatoms. The maximum Gasteiger partial charge on any atom is 0.344 e. The highest BCUT2D eigenvalue weighted by Crippen LogP contribution is 2.43. The minimum absolute atomic E-state index is 0.103. The lowest BCUT2D eigenvalue weighted by Crippen LogP contribution is -2.47. The summed E-state index contributed by atoms with van der Waals surface area (Å²) in [4.78, 5) is 13.0. The summed E-state index contributed by atoms with van der Waals surface area (Å²) in [7, 11) is 0. The van der Waals surface area contributed by atoms with Crippen LogP contribution in [0.2, 0.25) is 0 Å². The van der Waals surface area contributed by atoms with Crippen molar-refractivity contribution in [1.29, 1.82) is 0 Å². The van der Waals surface area contributed by atoms with Gasteiger partial charge in [0.1, 0.15) is 0 Å². The molecule has 2 fully saturated rings. The van der Waals surface area contributed by atoms with Gasteiger partial charge >= 0.3 is 5.97 Å². The molecule has 3 nitrogen and oxygen atoms in total. The van der Waals surface area contributed by atoms with Crippen LogP contribution in [0.1, 0.15) is 56.9 Å². The maximum absolute atomic E-state index is 13.0. The molecule has 0 amide bonds. The molecule has 0 spiro atoms. The van der Waals surface area contributed by atoms with E-state index in [0.717, 1.165) is 38.5 Å². The molecule has 122 valence electrons. The Labute approximate surface area is 138 Å². The highest BCUT2D eigenvalue weighted by Gasteiger charge is 2.50. The standard InChI is InChI=1S/C20H24O3/c1-2-19(14-8-9-15-19)23-18(21)20(22,17-12-6-7-13-17)16-10-4-3-5-11-16/h1,3-5,10-11,17,22H,6-9,12-15H2. The second-order valence-electron chi connectivity index (χ2n) is 6.85. The second-order valence-corrected chi connectivity index (χ2v) is 6.85. The molecule has 1 aromatic carbocycles. The maximum atomic E-state index is 13.0. The van der Waals surface area contributed by atoms with Crippen molar-refractivity contribution in [2.75, 3.05) is 0 Å². The van der Waals surface area contributed by atoms with E-state index in [0.29, 0.717) is 18.4 Å². The average molecular weight is 312 g/mol. The van der Waals surface area contributed by atoms with E-state index in [1.54, 1.807) is 12.1 Å². The summed E-state index contributed by atoms with van der Waals surface area (Å²) in [5, 5.41) is 11.4. The summed E-state index contributed by atoms with van der Waals surface area (Å²) in [6, 6.07) is 9.17. The van der Waals surface area contributed by atoms with Gasteiger partial charge in [-0.2, -0.15) is 0 Å². The molecule has 2 aliphatic rings. The predicted molar refractivity (Wildman–Crippen MR) is 88.4 cm³/mol. The second kappa shape index (κ2) is 6.37. The quantitative estimate of drug-likeness (QED) is 0.683. The van der Waals surface area contributed by atoms with Gasteiger partial charge in [-0.15, -0.1) is 6.42 Å². The van der Waals surface area contributed by atoms with Crippen LogP contribution < -0.4 is 0 Å². The monoisotopic (exact) mass is 312 g/mol. The number of aliphatic hydroxyl groups is 1. The molecule has 3 rings (SSSR count). The van der Waals surface area contributed by atoms with E-state index in [1.165, 1.54) is 0 Å². The van der Waals surface area contributed by atoms with Gasteiger partial charge in [0, 0.05) is 5.92 Å². The number of hydrogen-bond donors (Lipinski definition) is 1. The summed E-state index contributed by atoms with van der Waals surface area (Å²) >= 11 is 0. The van der Waals surface area contributed by atoms with Gasteiger partial charge in [0.25, 0.3) is 0 Å².